The van der Waals surface area contributed by atoms with Crippen molar-refractivity contribution in [2.24, 2.45) is 0 Å². The highest BCUT2D eigenvalue weighted by atomic mass is 35.5. The number of nitrogens with zero attached hydrogens (tertiary/aromatic N) is 5. The van der Waals surface area contributed by atoms with Gasteiger partial charge in [-0.1, -0.05) is 23.7 Å². The van der Waals surface area contributed by atoms with E-state index in [1.54, 1.807) is 35.1 Å². The first-order chi connectivity index (χ1) is 15.7. The number of rotatable bonds is 7. The summed E-state index contributed by atoms with van der Waals surface area (Å²) in [5.74, 6) is -0.520. The monoisotopic (exact) mass is 480 g/mol. The number of hydrogen-bond acceptors (Lipinski definition) is 4. The van der Waals surface area contributed by atoms with Crippen LogP contribution in [0.3, 0.4) is 0 Å². The van der Waals surface area contributed by atoms with Gasteiger partial charge in [-0.2, -0.15) is 10.2 Å². The molecule has 12 heteroatoms. The van der Waals surface area contributed by atoms with Gasteiger partial charge in [-0.25, -0.2) is 27.2 Å². The average molecular weight is 481 g/mol. The third kappa shape index (κ3) is 4.98. The van der Waals surface area contributed by atoms with Crippen LogP contribution < -0.4 is 5.32 Å². The zero-order valence-corrected chi connectivity index (χ0v) is 17.9. The first kappa shape index (κ1) is 22.7. The summed E-state index contributed by atoms with van der Waals surface area (Å²) in [5.41, 5.74) is 0.00468. The molecule has 0 fully saturated rings. The number of halogens is 5. The number of aromatic nitrogens is 5. The summed E-state index contributed by atoms with van der Waals surface area (Å²) >= 11 is 5.84. The van der Waals surface area contributed by atoms with Crippen LogP contribution in [0.5, 0.6) is 0 Å². The number of hydrogen-bond donors (Lipinski definition) is 1. The second-order valence-corrected chi connectivity index (χ2v) is 7.72. The first-order valence-corrected chi connectivity index (χ1v) is 10.1. The minimum absolute atomic E-state index is 0.0368. The minimum Gasteiger partial charge on any atom is -0.324 e. The van der Waals surface area contributed by atoms with Crippen LogP contribution in [-0.2, 0) is 17.9 Å². The number of amides is 1. The zero-order chi connectivity index (χ0) is 23.7. The molecule has 0 aliphatic carbocycles. The molecular formula is C21H17ClF4N6O. The maximum Gasteiger partial charge on any atom is 0.280 e. The molecule has 0 saturated heterocycles. The van der Waals surface area contributed by atoms with Crippen LogP contribution >= 0.6 is 11.6 Å². The van der Waals surface area contributed by atoms with Gasteiger partial charge in [0.1, 0.15) is 12.2 Å². The third-order valence-corrected chi connectivity index (χ3v) is 5.06. The maximum absolute atomic E-state index is 13.5. The Bertz CT molecular complexity index is 1300. The predicted molar refractivity (Wildman–Crippen MR) is 114 cm³/mol. The second-order valence-electron chi connectivity index (χ2n) is 7.28. The van der Waals surface area contributed by atoms with Gasteiger partial charge < -0.3 is 5.32 Å². The van der Waals surface area contributed by atoms with Gasteiger partial charge in [-0.15, -0.1) is 0 Å². The van der Waals surface area contributed by atoms with E-state index >= 15 is 0 Å². The summed E-state index contributed by atoms with van der Waals surface area (Å²) in [7, 11) is 0. The number of aryl methyl sites for hydroxylation is 1. The summed E-state index contributed by atoms with van der Waals surface area (Å²) in [4.78, 5) is 16.3. The third-order valence-electron chi connectivity index (χ3n) is 4.86. The number of pyridine rings is 1. The number of benzene rings is 1. The molecule has 3 heterocycles. The van der Waals surface area contributed by atoms with E-state index in [-0.39, 0.29) is 23.3 Å². The van der Waals surface area contributed by atoms with Gasteiger partial charge in [0.2, 0.25) is 5.91 Å². The molecule has 0 saturated carbocycles. The van der Waals surface area contributed by atoms with Crippen molar-refractivity contribution in [1.82, 2.24) is 24.5 Å². The van der Waals surface area contributed by atoms with E-state index in [4.69, 9.17) is 11.6 Å². The molecule has 4 rings (SSSR count). The Kier molecular flexibility index (Phi) is 6.32. The minimum atomic E-state index is -3.04. The summed E-state index contributed by atoms with van der Waals surface area (Å²) < 4.78 is 56.0. The van der Waals surface area contributed by atoms with E-state index in [0.717, 1.165) is 10.2 Å². The fourth-order valence-corrected chi connectivity index (χ4v) is 3.60. The lowest BCUT2D eigenvalue weighted by Crippen LogP contribution is -2.20. The molecule has 0 unspecified atom stereocenters. The predicted octanol–water partition coefficient (Wildman–Crippen LogP) is 5.15. The van der Waals surface area contributed by atoms with Crippen molar-refractivity contribution in [2.75, 3.05) is 5.32 Å². The number of fused-ring (bicyclic) bond motifs is 1. The molecule has 0 aliphatic heterocycles. The topological polar surface area (TPSA) is 77.6 Å². The summed E-state index contributed by atoms with van der Waals surface area (Å²) in [6, 6.07) is 7.64. The standard InChI is InChI=1S/C21H17ClF4N6O/c1-11-18-15(19(23)24)6-16(20(25)26)29-21(18)32(30-11)10-17(33)28-14-4-2-12(3-5-14)8-31-9-13(22)7-27-31/h2-7,9,19-20H,8,10H2,1H3,(H,28,33). The zero-order valence-electron chi connectivity index (χ0n) is 17.1. The Morgan fingerprint density at radius 1 is 1.15 bits per heavy atom. The van der Waals surface area contributed by atoms with Crippen molar-refractivity contribution in [3.05, 3.63) is 70.3 Å². The van der Waals surface area contributed by atoms with Crippen LogP contribution in [0.25, 0.3) is 11.0 Å². The molecule has 0 aliphatic rings. The van der Waals surface area contributed by atoms with Gasteiger partial charge in [0.25, 0.3) is 12.9 Å². The summed E-state index contributed by atoms with van der Waals surface area (Å²) in [6.07, 6.45) is -2.82. The van der Waals surface area contributed by atoms with E-state index in [0.29, 0.717) is 23.3 Å². The molecule has 0 bridgehead atoms. The summed E-state index contributed by atoms with van der Waals surface area (Å²) in [6.45, 7) is 1.56. The lowest BCUT2D eigenvalue weighted by molar-refractivity contribution is -0.116. The van der Waals surface area contributed by atoms with E-state index in [9.17, 15) is 22.4 Å². The van der Waals surface area contributed by atoms with E-state index in [1.165, 1.54) is 13.1 Å². The highest BCUT2D eigenvalue weighted by Crippen LogP contribution is 2.32. The smallest absolute Gasteiger partial charge is 0.280 e. The maximum atomic E-state index is 13.5. The highest BCUT2D eigenvalue weighted by Gasteiger charge is 2.24. The molecule has 0 spiro atoms. The Balaban J connectivity index is 1.52. The Hall–Kier alpha value is -3.47. The number of alkyl halides is 4. The molecular weight excluding hydrogens is 464 g/mol. The Labute approximate surface area is 190 Å². The number of nitrogens with one attached hydrogen (secondary N) is 1. The lowest BCUT2D eigenvalue weighted by Gasteiger charge is -2.09. The molecule has 1 aromatic carbocycles. The molecule has 33 heavy (non-hydrogen) atoms. The van der Waals surface area contributed by atoms with Gasteiger partial charge in [0, 0.05) is 17.4 Å². The van der Waals surface area contributed by atoms with Crippen molar-refractivity contribution in [3.63, 3.8) is 0 Å². The van der Waals surface area contributed by atoms with E-state index in [2.05, 4.69) is 20.5 Å². The van der Waals surface area contributed by atoms with Crippen LogP contribution in [0.15, 0.2) is 42.7 Å². The van der Waals surface area contributed by atoms with E-state index in [1.807, 2.05) is 0 Å². The van der Waals surface area contributed by atoms with Crippen LogP contribution in [0.2, 0.25) is 5.02 Å². The second kappa shape index (κ2) is 9.18. The van der Waals surface area contributed by atoms with Crippen LogP contribution in [0.1, 0.15) is 35.4 Å². The SMILES string of the molecule is Cc1nn(CC(=O)Nc2ccc(Cn3cc(Cl)cn3)cc2)c2nc(C(F)F)cc(C(F)F)c12. The van der Waals surface area contributed by atoms with Gasteiger partial charge in [0.05, 0.1) is 28.8 Å². The Morgan fingerprint density at radius 3 is 2.48 bits per heavy atom. The molecule has 1 amide bonds. The highest BCUT2D eigenvalue weighted by molar-refractivity contribution is 6.30. The number of anilines is 1. The van der Waals surface area contributed by atoms with Crippen LogP contribution in [0, 0.1) is 6.92 Å². The molecule has 4 aromatic rings. The molecule has 0 radical (unpaired) electrons. The molecule has 3 aromatic heterocycles. The largest absolute Gasteiger partial charge is 0.324 e. The molecule has 1 N–H and O–H groups in total. The van der Waals surface area contributed by atoms with Crippen molar-refractivity contribution in [3.8, 4) is 0 Å². The molecule has 0 atom stereocenters. The average Bonchev–Trinajstić information content (AvgIpc) is 3.31. The normalized spacial score (nSPS) is 11.6. The van der Waals surface area contributed by atoms with Gasteiger partial charge >= 0.3 is 0 Å². The van der Waals surface area contributed by atoms with Crippen molar-refractivity contribution < 1.29 is 22.4 Å². The Morgan fingerprint density at radius 2 is 1.88 bits per heavy atom. The van der Waals surface area contributed by atoms with Crippen molar-refractivity contribution >= 4 is 34.2 Å². The van der Waals surface area contributed by atoms with Crippen LogP contribution in [0.4, 0.5) is 23.2 Å². The van der Waals surface area contributed by atoms with Crippen molar-refractivity contribution in [2.45, 2.75) is 32.9 Å². The van der Waals surface area contributed by atoms with E-state index < -0.39 is 30.0 Å². The number of carbonyl (C=O) groups is 1. The molecule has 172 valence electrons. The number of carbonyl (C=O) groups excluding carboxylic acids is 1. The molecule has 7 nitrogen and oxygen atoms in total. The lowest BCUT2D eigenvalue weighted by atomic mass is 10.1. The quantitative estimate of drug-likeness (QED) is 0.371. The first-order valence-electron chi connectivity index (χ1n) is 9.72. The van der Waals surface area contributed by atoms with Gasteiger partial charge in [0.15, 0.2) is 5.65 Å². The fourth-order valence-electron chi connectivity index (χ4n) is 3.44. The van der Waals surface area contributed by atoms with Crippen LogP contribution in [-0.4, -0.2) is 30.5 Å². The summed E-state index contributed by atoms with van der Waals surface area (Å²) in [5, 5.41) is 11.3. The fraction of sp³-hybridized carbons (Fsp3) is 0.238. The van der Waals surface area contributed by atoms with Gasteiger partial charge in [-0.3, -0.25) is 9.48 Å². The van der Waals surface area contributed by atoms with Crippen molar-refractivity contribution in [1.29, 1.82) is 0 Å². The van der Waals surface area contributed by atoms with Gasteiger partial charge in [-0.05, 0) is 30.7 Å².